The van der Waals surface area contributed by atoms with Crippen LogP contribution in [-0.4, -0.2) is 12.7 Å². The summed E-state index contributed by atoms with van der Waals surface area (Å²) in [6.07, 6.45) is 6.31. The van der Waals surface area contributed by atoms with E-state index in [1.54, 1.807) is 0 Å². The standard InChI is InChI=1S/C11H16O/c1-8(2)10-4-3-9-5-6-12-11(9)7-10/h3,10-11H,1,4-7H2,2H3/t10-,11+/m0/s1. The number of rotatable bonds is 1. The van der Waals surface area contributed by atoms with Crippen molar-refractivity contribution in [1.82, 2.24) is 0 Å². The van der Waals surface area contributed by atoms with Crippen molar-refractivity contribution in [2.75, 3.05) is 6.61 Å². The summed E-state index contributed by atoms with van der Waals surface area (Å²) < 4.78 is 5.63. The van der Waals surface area contributed by atoms with E-state index < -0.39 is 0 Å². The Morgan fingerprint density at radius 3 is 3.25 bits per heavy atom. The molecular weight excluding hydrogens is 148 g/mol. The minimum atomic E-state index is 0.431. The fourth-order valence-electron chi connectivity index (χ4n) is 2.09. The molecule has 0 amide bonds. The number of ether oxygens (including phenoxy) is 1. The third-order valence-corrected chi connectivity index (χ3v) is 2.98. The molecule has 0 saturated carbocycles. The first kappa shape index (κ1) is 8.06. The van der Waals surface area contributed by atoms with Gasteiger partial charge in [-0.1, -0.05) is 18.2 Å². The normalized spacial score (nSPS) is 34.2. The van der Waals surface area contributed by atoms with Gasteiger partial charge in [0, 0.05) is 0 Å². The van der Waals surface area contributed by atoms with Gasteiger partial charge in [0.1, 0.15) is 0 Å². The third-order valence-electron chi connectivity index (χ3n) is 2.98. The second-order valence-corrected chi connectivity index (χ2v) is 3.90. The molecule has 1 saturated heterocycles. The van der Waals surface area contributed by atoms with E-state index in [2.05, 4.69) is 19.6 Å². The molecule has 2 aliphatic rings. The summed E-state index contributed by atoms with van der Waals surface area (Å²) in [5.74, 6) is 0.664. The first-order valence-corrected chi connectivity index (χ1v) is 4.73. The maximum Gasteiger partial charge on any atom is 0.0791 e. The van der Waals surface area contributed by atoms with Crippen LogP contribution in [0.1, 0.15) is 26.2 Å². The van der Waals surface area contributed by atoms with Gasteiger partial charge in [-0.3, -0.25) is 0 Å². The average molecular weight is 164 g/mol. The summed E-state index contributed by atoms with van der Waals surface area (Å²) in [4.78, 5) is 0. The van der Waals surface area contributed by atoms with Crippen LogP contribution in [0, 0.1) is 5.92 Å². The van der Waals surface area contributed by atoms with Crippen molar-refractivity contribution in [3.05, 3.63) is 23.8 Å². The van der Waals surface area contributed by atoms with Crippen molar-refractivity contribution in [2.24, 2.45) is 5.92 Å². The maximum atomic E-state index is 5.63. The molecule has 0 N–H and O–H groups in total. The SMILES string of the molecule is C=C(C)[C@H]1CC=C2CCO[C@@H]2C1. The van der Waals surface area contributed by atoms with Crippen LogP contribution < -0.4 is 0 Å². The Bertz CT molecular complexity index is 227. The molecular formula is C11H16O. The smallest absolute Gasteiger partial charge is 0.0791 e. The zero-order valence-corrected chi connectivity index (χ0v) is 7.68. The van der Waals surface area contributed by atoms with Gasteiger partial charge in [0.25, 0.3) is 0 Å². The van der Waals surface area contributed by atoms with Gasteiger partial charge in [0.2, 0.25) is 0 Å². The molecule has 2 rings (SSSR count). The van der Waals surface area contributed by atoms with E-state index in [0.717, 1.165) is 13.0 Å². The van der Waals surface area contributed by atoms with Crippen LogP contribution in [0.3, 0.4) is 0 Å². The number of allylic oxidation sites excluding steroid dienone is 2. The van der Waals surface area contributed by atoms with Crippen LogP contribution in [0.15, 0.2) is 23.8 Å². The molecule has 1 aliphatic heterocycles. The molecule has 12 heavy (non-hydrogen) atoms. The highest BCUT2D eigenvalue weighted by Gasteiger charge is 2.28. The summed E-state index contributed by atoms with van der Waals surface area (Å²) in [6, 6.07) is 0. The summed E-state index contributed by atoms with van der Waals surface area (Å²) in [7, 11) is 0. The first-order chi connectivity index (χ1) is 5.77. The predicted octanol–water partition coefficient (Wildman–Crippen LogP) is 2.69. The van der Waals surface area contributed by atoms with Gasteiger partial charge < -0.3 is 4.74 Å². The second-order valence-electron chi connectivity index (χ2n) is 3.90. The van der Waals surface area contributed by atoms with Gasteiger partial charge >= 0.3 is 0 Å². The molecule has 0 aromatic heterocycles. The zero-order valence-electron chi connectivity index (χ0n) is 7.68. The van der Waals surface area contributed by atoms with E-state index in [-0.39, 0.29) is 0 Å². The largest absolute Gasteiger partial charge is 0.374 e. The first-order valence-electron chi connectivity index (χ1n) is 4.73. The van der Waals surface area contributed by atoms with E-state index in [4.69, 9.17) is 4.74 Å². The van der Waals surface area contributed by atoms with Gasteiger partial charge in [-0.05, 0) is 37.7 Å². The second kappa shape index (κ2) is 3.06. The highest BCUT2D eigenvalue weighted by molar-refractivity contribution is 5.19. The fraction of sp³-hybridized carbons (Fsp3) is 0.636. The lowest BCUT2D eigenvalue weighted by molar-refractivity contribution is 0.104. The summed E-state index contributed by atoms with van der Waals surface area (Å²) in [5.41, 5.74) is 2.84. The molecule has 1 heteroatoms. The summed E-state index contributed by atoms with van der Waals surface area (Å²) >= 11 is 0. The quantitative estimate of drug-likeness (QED) is 0.541. The fourth-order valence-corrected chi connectivity index (χ4v) is 2.09. The van der Waals surface area contributed by atoms with Crippen molar-refractivity contribution in [3.8, 4) is 0 Å². The van der Waals surface area contributed by atoms with E-state index in [1.165, 1.54) is 24.0 Å². The lowest BCUT2D eigenvalue weighted by Gasteiger charge is -2.25. The van der Waals surface area contributed by atoms with E-state index >= 15 is 0 Å². The monoisotopic (exact) mass is 164 g/mol. The minimum absolute atomic E-state index is 0.431. The average Bonchev–Trinajstić information content (AvgIpc) is 2.49. The molecule has 0 bridgehead atoms. The molecule has 66 valence electrons. The molecule has 0 aromatic carbocycles. The predicted molar refractivity (Wildman–Crippen MR) is 50.0 cm³/mol. The summed E-state index contributed by atoms with van der Waals surface area (Å²) in [5, 5.41) is 0. The van der Waals surface area contributed by atoms with Crippen molar-refractivity contribution >= 4 is 0 Å². The van der Waals surface area contributed by atoms with Crippen LogP contribution in [0.25, 0.3) is 0 Å². The highest BCUT2D eigenvalue weighted by Crippen LogP contribution is 2.34. The molecule has 1 nitrogen and oxygen atoms in total. The highest BCUT2D eigenvalue weighted by atomic mass is 16.5. The topological polar surface area (TPSA) is 9.23 Å². The van der Waals surface area contributed by atoms with Crippen molar-refractivity contribution in [3.63, 3.8) is 0 Å². The van der Waals surface area contributed by atoms with Gasteiger partial charge in [-0.25, -0.2) is 0 Å². The maximum absolute atomic E-state index is 5.63. The Balaban J connectivity index is 2.08. The number of fused-ring (bicyclic) bond motifs is 1. The van der Waals surface area contributed by atoms with Gasteiger partial charge in [0.15, 0.2) is 0 Å². The Morgan fingerprint density at radius 1 is 1.67 bits per heavy atom. The Hall–Kier alpha value is -0.560. The molecule has 0 aromatic rings. The van der Waals surface area contributed by atoms with Crippen molar-refractivity contribution < 1.29 is 4.74 Å². The Morgan fingerprint density at radius 2 is 2.50 bits per heavy atom. The number of hydrogen-bond donors (Lipinski definition) is 0. The van der Waals surface area contributed by atoms with Gasteiger partial charge in [-0.2, -0.15) is 0 Å². The Kier molecular flexibility index (Phi) is 2.05. The molecule has 0 spiro atoms. The lowest BCUT2D eigenvalue weighted by atomic mass is 9.84. The number of hydrogen-bond acceptors (Lipinski definition) is 1. The van der Waals surface area contributed by atoms with Crippen LogP contribution in [0.5, 0.6) is 0 Å². The van der Waals surface area contributed by atoms with Crippen LogP contribution >= 0.6 is 0 Å². The molecule has 0 unspecified atom stereocenters. The van der Waals surface area contributed by atoms with E-state index in [0.29, 0.717) is 12.0 Å². The molecule has 1 fully saturated rings. The Labute approximate surface area is 74.1 Å². The molecule has 2 atom stereocenters. The minimum Gasteiger partial charge on any atom is -0.374 e. The molecule has 1 heterocycles. The van der Waals surface area contributed by atoms with Crippen LogP contribution in [-0.2, 0) is 4.74 Å². The van der Waals surface area contributed by atoms with Crippen molar-refractivity contribution in [2.45, 2.75) is 32.3 Å². The van der Waals surface area contributed by atoms with Crippen LogP contribution in [0.2, 0.25) is 0 Å². The van der Waals surface area contributed by atoms with Crippen LogP contribution in [0.4, 0.5) is 0 Å². The lowest BCUT2D eigenvalue weighted by Crippen LogP contribution is -2.18. The molecule has 0 radical (unpaired) electrons. The molecule has 1 aliphatic carbocycles. The third kappa shape index (κ3) is 1.34. The zero-order chi connectivity index (χ0) is 8.55. The van der Waals surface area contributed by atoms with Crippen molar-refractivity contribution in [1.29, 1.82) is 0 Å². The van der Waals surface area contributed by atoms with E-state index in [9.17, 15) is 0 Å². The van der Waals surface area contributed by atoms with Gasteiger partial charge in [0.05, 0.1) is 12.7 Å². The van der Waals surface area contributed by atoms with E-state index in [1.807, 2.05) is 0 Å². The summed E-state index contributed by atoms with van der Waals surface area (Å²) in [6.45, 7) is 7.06. The van der Waals surface area contributed by atoms with Gasteiger partial charge in [-0.15, -0.1) is 0 Å².